The number of carbonyl (C=O) groups excluding carboxylic acids is 1. The Kier molecular flexibility index (Phi) is 4.61. The first-order valence-electron chi connectivity index (χ1n) is 5.61. The molecule has 19 heavy (non-hydrogen) atoms. The number of hydrogen-bond donors (Lipinski definition) is 0. The van der Waals surface area contributed by atoms with Gasteiger partial charge in [0.2, 0.25) is 0 Å². The van der Waals surface area contributed by atoms with E-state index < -0.39 is 0 Å². The van der Waals surface area contributed by atoms with Crippen LogP contribution in [0.4, 0.5) is 0 Å². The van der Waals surface area contributed by atoms with Crippen LogP contribution in [0, 0.1) is 0 Å². The molecule has 6 heteroatoms. The molecule has 1 heterocycles. The van der Waals surface area contributed by atoms with E-state index in [1.807, 2.05) is 18.2 Å². The largest absolute Gasteiger partial charge is 0.468 e. The zero-order chi connectivity index (χ0) is 13.8. The Balaban J connectivity index is 2.17. The van der Waals surface area contributed by atoms with Gasteiger partial charge < -0.3 is 9.30 Å². The second kappa shape index (κ2) is 6.21. The standard InChI is InChI=1S/C13H12BrClN2O2/c1-19-13(18)8-17-5-4-16-12(17)7-9-2-3-11(15)10(14)6-9/h2-6H,7-8H2,1H3. The quantitative estimate of drug-likeness (QED) is 0.801. The lowest BCUT2D eigenvalue weighted by Gasteiger charge is -2.07. The molecule has 0 unspecified atom stereocenters. The van der Waals surface area contributed by atoms with Gasteiger partial charge >= 0.3 is 5.97 Å². The highest BCUT2D eigenvalue weighted by atomic mass is 79.9. The molecule has 0 amide bonds. The Hall–Kier alpha value is -1.33. The summed E-state index contributed by atoms with van der Waals surface area (Å²) in [5.74, 6) is 0.510. The van der Waals surface area contributed by atoms with Gasteiger partial charge in [-0.15, -0.1) is 0 Å². The van der Waals surface area contributed by atoms with Gasteiger partial charge in [-0.3, -0.25) is 4.79 Å². The van der Waals surface area contributed by atoms with Crippen molar-refractivity contribution >= 4 is 33.5 Å². The minimum Gasteiger partial charge on any atom is -0.468 e. The fraction of sp³-hybridized carbons (Fsp3) is 0.231. The number of nitrogens with zero attached hydrogens (tertiary/aromatic N) is 2. The van der Waals surface area contributed by atoms with Crippen LogP contribution in [0.5, 0.6) is 0 Å². The molecule has 0 aliphatic rings. The van der Waals surface area contributed by atoms with Gasteiger partial charge in [0.15, 0.2) is 0 Å². The lowest BCUT2D eigenvalue weighted by molar-refractivity contribution is -0.141. The molecule has 0 aliphatic heterocycles. The number of imidazole rings is 1. The molecule has 100 valence electrons. The Morgan fingerprint density at radius 2 is 2.32 bits per heavy atom. The second-order valence-electron chi connectivity index (χ2n) is 3.97. The van der Waals surface area contributed by atoms with Gasteiger partial charge in [0, 0.05) is 23.3 Å². The zero-order valence-electron chi connectivity index (χ0n) is 10.3. The molecule has 0 radical (unpaired) electrons. The van der Waals surface area contributed by atoms with E-state index in [4.69, 9.17) is 11.6 Å². The van der Waals surface area contributed by atoms with Crippen LogP contribution in [0.2, 0.25) is 5.02 Å². The lowest BCUT2D eigenvalue weighted by Crippen LogP contribution is -2.13. The first-order chi connectivity index (χ1) is 9.10. The predicted octanol–water partition coefficient (Wildman–Crippen LogP) is 3.06. The molecule has 1 aromatic heterocycles. The van der Waals surface area contributed by atoms with E-state index >= 15 is 0 Å². The van der Waals surface area contributed by atoms with E-state index in [1.54, 1.807) is 17.0 Å². The molecule has 0 saturated carbocycles. The smallest absolute Gasteiger partial charge is 0.325 e. The molecule has 0 atom stereocenters. The molecule has 1 aromatic carbocycles. The van der Waals surface area contributed by atoms with Crippen LogP contribution in [-0.2, 0) is 22.5 Å². The summed E-state index contributed by atoms with van der Waals surface area (Å²) in [5.41, 5.74) is 1.06. The SMILES string of the molecule is COC(=O)Cn1ccnc1Cc1ccc(Cl)c(Br)c1. The van der Waals surface area contributed by atoms with Crippen molar-refractivity contribution in [2.45, 2.75) is 13.0 Å². The molecule has 4 nitrogen and oxygen atoms in total. The number of aromatic nitrogens is 2. The monoisotopic (exact) mass is 342 g/mol. The molecule has 2 rings (SSSR count). The Labute approximate surface area is 124 Å². The van der Waals surface area contributed by atoms with Crippen LogP contribution >= 0.6 is 27.5 Å². The average Bonchev–Trinajstić information content (AvgIpc) is 2.81. The van der Waals surface area contributed by atoms with Crippen LogP contribution in [-0.4, -0.2) is 22.6 Å². The maximum absolute atomic E-state index is 11.3. The first-order valence-corrected chi connectivity index (χ1v) is 6.78. The van der Waals surface area contributed by atoms with Crippen LogP contribution in [0.25, 0.3) is 0 Å². The van der Waals surface area contributed by atoms with Gasteiger partial charge in [-0.1, -0.05) is 17.7 Å². The summed E-state index contributed by atoms with van der Waals surface area (Å²) in [6, 6.07) is 5.71. The van der Waals surface area contributed by atoms with Crippen molar-refractivity contribution in [3.05, 3.63) is 51.5 Å². The average molecular weight is 344 g/mol. The summed E-state index contributed by atoms with van der Waals surface area (Å²) in [4.78, 5) is 15.5. The fourth-order valence-electron chi connectivity index (χ4n) is 1.69. The number of rotatable bonds is 4. The summed E-state index contributed by atoms with van der Waals surface area (Å²) in [7, 11) is 1.37. The maximum Gasteiger partial charge on any atom is 0.325 e. The van der Waals surface area contributed by atoms with E-state index in [9.17, 15) is 4.79 Å². The summed E-state index contributed by atoms with van der Waals surface area (Å²) < 4.78 is 7.27. The highest BCUT2D eigenvalue weighted by Gasteiger charge is 2.09. The highest BCUT2D eigenvalue weighted by molar-refractivity contribution is 9.10. The Bertz CT molecular complexity index is 598. The summed E-state index contributed by atoms with van der Waals surface area (Å²) >= 11 is 9.34. The minimum atomic E-state index is -0.295. The fourth-order valence-corrected chi connectivity index (χ4v) is 2.23. The maximum atomic E-state index is 11.3. The Morgan fingerprint density at radius 1 is 1.53 bits per heavy atom. The zero-order valence-corrected chi connectivity index (χ0v) is 12.6. The van der Waals surface area contributed by atoms with E-state index in [1.165, 1.54) is 7.11 Å². The van der Waals surface area contributed by atoms with Gasteiger partial charge in [0.25, 0.3) is 0 Å². The van der Waals surface area contributed by atoms with Crippen molar-refractivity contribution in [3.8, 4) is 0 Å². The molecule has 0 spiro atoms. The summed E-state index contributed by atoms with van der Waals surface area (Å²) in [6.45, 7) is 0.167. The molecular weight excluding hydrogens is 332 g/mol. The topological polar surface area (TPSA) is 44.1 Å². The van der Waals surface area contributed by atoms with Crippen molar-refractivity contribution in [1.29, 1.82) is 0 Å². The number of halogens is 2. The van der Waals surface area contributed by atoms with Crippen molar-refractivity contribution in [2.24, 2.45) is 0 Å². The number of carbonyl (C=O) groups is 1. The van der Waals surface area contributed by atoms with E-state index in [0.717, 1.165) is 15.9 Å². The molecule has 0 bridgehead atoms. The third-order valence-corrected chi connectivity index (χ3v) is 3.89. The molecule has 0 N–H and O–H groups in total. The van der Waals surface area contributed by atoms with Crippen molar-refractivity contribution < 1.29 is 9.53 Å². The molecule has 2 aromatic rings. The molecule has 0 fully saturated rings. The van der Waals surface area contributed by atoms with Gasteiger partial charge in [0.05, 0.1) is 12.1 Å². The second-order valence-corrected chi connectivity index (χ2v) is 5.23. The summed E-state index contributed by atoms with van der Waals surface area (Å²) in [6.07, 6.45) is 4.06. The summed E-state index contributed by atoms with van der Waals surface area (Å²) in [5, 5.41) is 0.668. The number of hydrogen-bond acceptors (Lipinski definition) is 3. The van der Waals surface area contributed by atoms with Crippen molar-refractivity contribution in [2.75, 3.05) is 7.11 Å². The van der Waals surface area contributed by atoms with Gasteiger partial charge in [0.1, 0.15) is 12.4 Å². The van der Waals surface area contributed by atoms with Gasteiger partial charge in [-0.05, 0) is 33.6 Å². The lowest BCUT2D eigenvalue weighted by atomic mass is 10.1. The van der Waals surface area contributed by atoms with Crippen LogP contribution in [0.15, 0.2) is 35.1 Å². The first kappa shape index (κ1) is 14.1. The van der Waals surface area contributed by atoms with E-state index in [0.29, 0.717) is 11.4 Å². The molecular formula is C13H12BrClN2O2. The van der Waals surface area contributed by atoms with Crippen molar-refractivity contribution in [3.63, 3.8) is 0 Å². The number of methoxy groups -OCH3 is 1. The third kappa shape index (κ3) is 3.58. The predicted molar refractivity (Wildman–Crippen MR) is 76.2 cm³/mol. The highest BCUT2D eigenvalue weighted by Crippen LogP contribution is 2.24. The van der Waals surface area contributed by atoms with Crippen LogP contribution < -0.4 is 0 Å². The van der Waals surface area contributed by atoms with Gasteiger partial charge in [-0.2, -0.15) is 0 Å². The number of esters is 1. The normalized spacial score (nSPS) is 10.5. The van der Waals surface area contributed by atoms with Gasteiger partial charge in [-0.25, -0.2) is 4.98 Å². The van der Waals surface area contributed by atoms with Crippen molar-refractivity contribution in [1.82, 2.24) is 9.55 Å². The third-order valence-electron chi connectivity index (χ3n) is 2.68. The van der Waals surface area contributed by atoms with Crippen LogP contribution in [0.1, 0.15) is 11.4 Å². The molecule has 0 saturated heterocycles. The van der Waals surface area contributed by atoms with E-state index in [2.05, 4.69) is 25.7 Å². The Morgan fingerprint density at radius 3 is 3.00 bits per heavy atom. The number of benzene rings is 1. The molecule has 0 aliphatic carbocycles. The number of ether oxygens (including phenoxy) is 1. The minimum absolute atomic E-state index is 0.167. The van der Waals surface area contributed by atoms with E-state index in [-0.39, 0.29) is 12.5 Å². The van der Waals surface area contributed by atoms with Crippen LogP contribution in [0.3, 0.4) is 0 Å².